The molecule has 0 unspecified atom stereocenters. The van der Waals surface area contributed by atoms with Crippen molar-refractivity contribution in [2.24, 2.45) is 5.41 Å². The van der Waals surface area contributed by atoms with Gasteiger partial charge in [0, 0.05) is 5.33 Å². The van der Waals surface area contributed by atoms with E-state index in [0.717, 1.165) is 5.33 Å². The minimum absolute atomic E-state index is 0.599. The molecule has 0 amide bonds. The molecule has 0 spiro atoms. The van der Waals surface area contributed by atoms with Crippen LogP contribution in [0.5, 0.6) is 0 Å². The lowest BCUT2D eigenvalue weighted by Gasteiger charge is -2.12. The summed E-state index contributed by atoms with van der Waals surface area (Å²) < 4.78 is 0. The quantitative estimate of drug-likeness (QED) is 0.714. The molecule has 0 radical (unpaired) electrons. The Morgan fingerprint density at radius 3 is 2.43 bits per heavy atom. The van der Waals surface area contributed by atoms with Gasteiger partial charge in [-0.15, -0.1) is 0 Å². The largest absolute Gasteiger partial charge is 0.0922 e. The molecule has 0 bridgehead atoms. The Morgan fingerprint density at radius 1 is 1.21 bits per heavy atom. The van der Waals surface area contributed by atoms with Crippen molar-refractivity contribution in [3.05, 3.63) is 34.9 Å². The summed E-state index contributed by atoms with van der Waals surface area (Å²) >= 11 is 3.62. The molecule has 1 aliphatic rings. The number of hydrogen-bond donors (Lipinski definition) is 0. The van der Waals surface area contributed by atoms with Gasteiger partial charge in [0.15, 0.2) is 0 Å². The van der Waals surface area contributed by atoms with Crippen molar-refractivity contribution < 1.29 is 0 Å². The fraction of sp³-hybridized carbons (Fsp3) is 0.538. The van der Waals surface area contributed by atoms with Gasteiger partial charge in [-0.1, -0.05) is 34.1 Å². The summed E-state index contributed by atoms with van der Waals surface area (Å²) in [6.07, 6.45) is 4.04. The van der Waals surface area contributed by atoms with Crippen LogP contribution in [-0.4, -0.2) is 5.33 Å². The third-order valence-electron chi connectivity index (χ3n) is 3.39. The van der Waals surface area contributed by atoms with Crippen molar-refractivity contribution in [1.82, 2.24) is 0 Å². The second kappa shape index (κ2) is 3.69. The second-order valence-electron chi connectivity index (χ2n) is 4.73. The van der Waals surface area contributed by atoms with Gasteiger partial charge >= 0.3 is 0 Å². The van der Waals surface area contributed by atoms with E-state index >= 15 is 0 Å². The fourth-order valence-corrected chi connectivity index (χ4v) is 2.64. The van der Waals surface area contributed by atoms with E-state index in [1.165, 1.54) is 36.0 Å². The molecule has 1 aromatic rings. The fourth-order valence-electron chi connectivity index (χ4n) is 1.88. The second-order valence-corrected chi connectivity index (χ2v) is 5.29. The Labute approximate surface area is 94.8 Å². The zero-order valence-electron chi connectivity index (χ0n) is 8.94. The standard InChI is InChI=1S/C13H17Br/c1-10-3-4-12(7-11(10)2)8-13(9-14)5-6-13/h3-4,7H,5-6,8-9H2,1-2H3. The molecule has 14 heavy (non-hydrogen) atoms. The first-order valence-corrected chi connectivity index (χ1v) is 6.39. The smallest absolute Gasteiger partial charge is 0.00911 e. The van der Waals surface area contributed by atoms with E-state index in [1.807, 2.05) is 0 Å². The Morgan fingerprint density at radius 2 is 1.93 bits per heavy atom. The minimum atomic E-state index is 0.599. The minimum Gasteiger partial charge on any atom is -0.0922 e. The van der Waals surface area contributed by atoms with Gasteiger partial charge < -0.3 is 0 Å². The number of hydrogen-bond acceptors (Lipinski definition) is 0. The summed E-state index contributed by atoms with van der Waals surface area (Å²) in [5, 5.41) is 1.16. The molecule has 0 aliphatic heterocycles. The third-order valence-corrected chi connectivity index (χ3v) is 4.58. The normalized spacial score (nSPS) is 18.2. The van der Waals surface area contributed by atoms with E-state index in [1.54, 1.807) is 0 Å². The predicted octanol–water partition coefficient (Wildman–Crippen LogP) is 4.02. The van der Waals surface area contributed by atoms with Crippen molar-refractivity contribution in [2.45, 2.75) is 33.1 Å². The molecule has 0 heterocycles. The summed E-state index contributed by atoms with van der Waals surface area (Å²) in [4.78, 5) is 0. The van der Waals surface area contributed by atoms with Gasteiger partial charge in [-0.2, -0.15) is 0 Å². The highest BCUT2D eigenvalue weighted by molar-refractivity contribution is 9.09. The van der Waals surface area contributed by atoms with Gasteiger partial charge in [0.1, 0.15) is 0 Å². The van der Waals surface area contributed by atoms with Crippen LogP contribution in [0.15, 0.2) is 18.2 Å². The van der Waals surface area contributed by atoms with Gasteiger partial charge in [-0.05, 0) is 55.2 Å². The maximum absolute atomic E-state index is 3.62. The van der Waals surface area contributed by atoms with Crippen LogP contribution in [0.3, 0.4) is 0 Å². The number of benzene rings is 1. The zero-order valence-corrected chi connectivity index (χ0v) is 10.5. The topological polar surface area (TPSA) is 0 Å². The lowest BCUT2D eigenvalue weighted by atomic mass is 9.96. The highest BCUT2D eigenvalue weighted by Gasteiger charge is 2.41. The van der Waals surface area contributed by atoms with E-state index in [9.17, 15) is 0 Å². The molecule has 0 atom stereocenters. The zero-order chi connectivity index (χ0) is 10.2. The van der Waals surface area contributed by atoms with Crippen LogP contribution in [0.4, 0.5) is 0 Å². The van der Waals surface area contributed by atoms with E-state index in [2.05, 4.69) is 48.0 Å². The molecule has 0 nitrogen and oxygen atoms in total. The van der Waals surface area contributed by atoms with Crippen LogP contribution < -0.4 is 0 Å². The summed E-state index contributed by atoms with van der Waals surface area (Å²) in [6.45, 7) is 4.38. The van der Waals surface area contributed by atoms with Crippen LogP contribution in [0.2, 0.25) is 0 Å². The molecule has 2 rings (SSSR count). The van der Waals surface area contributed by atoms with Crippen molar-refractivity contribution >= 4 is 15.9 Å². The van der Waals surface area contributed by atoms with E-state index in [0.29, 0.717) is 5.41 Å². The van der Waals surface area contributed by atoms with E-state index < -0.39 is 0 Å². The molecule has 76 valence electrons. The maximum atomic E-state index is 3.62. The molecule has 0 N–H and O–H groups in total. The number of aryl methyl sites for hydroxylation is 2. The maximum Gasteiger partial charge on any atom is 0.00911 e. The van der Waals surface area contributed by atoms with Crippen molar-refractivity contribution in [2.75, 3.05) is 5.33 Å². The first kappa shape index (κ1) is 10.2. The molecular weight excluding hydrogens is 236 g/mol. The van der Waals surface area contributed by atoms with Crippen LogP contribution in [0.1, 0.15) is 29.5 Å². The van der Waals surface area contributed by atoms with Crippen LogP contribution in [0.25, 0.3) is 0 Å². The lowest BCUT2D eigenvalue weighted by molar-refractivity contribution is 0.586. The summed E-state index contributed by atoms with van der Waals surface area (Å²) in [6, 6.07) is 6.87. The SMILES string of the molecule is Cc1ccc(CC2(CBr)CC2)cc1C. The summed E-state index contributed by atoms with van der Waals surface area (Å²) in [7, 11) is 0. The highest BCUT2D eigenvalue weighted by atomic mass is 79.9. The van der Waals surface area contributed by atoms with Crippen LogP contribution >= 0.6 is 15.9 Å². The Bertz CT molecular complexity index is 337. The number of alkyl halides is 1. The molecular formula is C13H17Br. The van der Waals surface area contributed by atoms with E-state index in [4.69, 9.17) is 0 Å². The van der Waals surface area contributed by atoms with Crippen molar-refractivity contribution in [3.63, 3.8) is 0 Å². The van der Waals surface area contributed by atoms with E-state index in [-0.39, 0.29) is 0 Å². The predicted molar refractivity (Wildman–Crippen MR) is 65.1 cm³/mol. The third kappa shape index (κ3) is 2.03. The highest BCUT2D eigenvalue weighted by Crippen LogP contribution is 2.49. The monoisotopic (exact) mass is 252 g/mol. The molecule has 1 fully saturated rings. The Balaban J connectivity index is 2.14. The Hall–Kier alpha value is -0.300. The molecule has 0 aromatic heterocycles. The number of halogens is 1. The van der Waals surface area contributed by atoms with Gasteiger partial charge in [0.2, 0.25) is 0 Å². The lowest BCUT2D eigenvalue weighted by Crippen LogP contribution is -2.06. The average Bonchev–Trinajstić information content (AvgIpc) is 2.93. The van der Waals surface area contributed by atoms with Gasteiger partial charge in [0.25, 0.3) is 0 Å². The van der Waals surface area contributed by atoms with Crippen LogP contribution in [-0.2, 0) is 6.42 Å². The molecule has 0 saturated heterocycles. The first-order chi connectivity index (χ1) is 6.65. The average molecular weight is 253 g/mol. The van der Waals surface area contributed by atoms with Gasteiger partial charge in [-0.25, -0.2) is 0 Å². The Kier molecular flexibility index (Phi) is 2.70. The summed E-state index contributed by atoms with van der Waals surface area (Å²) in [5.74, 6) is 0. The summed E-state index contributed by atoms with van der Waals surface area (Å²) in [5.41, 5.74) is 4.93. The van der Waals surface area contributed by atoms with Gasteiger partial charge in [-0.3, -0.25) is 0 Å². The first-order valence-electron chi connectivity index (χ1n) is 5.27. The molecule has 1 heteroatoms. The van der Waals surface area contributed by atoms with Crippen molar-refractivity contribution in [3.8, 4) is 0 Å². The molecule has 1 aliphatic carbocycles. The number of rotatable bonds is 3. The molecule has 1 aromatic carbocycles. The van der Waals surface area contributed by atoms with Gasteiger partial charge in [0.05, 0.1) is 0 Å². The van der Waals surface area contributed by atoms with Crippen LogP contribution in [0, 0.1) is 19.3 Å². The molecule has 1 saturated carbocycles. The van der Waals surface area contributed by atoms with Crippen molar-refractivity contribution in [1.29, 1.82) is 0 Å².